The van der Waals surface area contributed by atoms with Crippen molar-refractivity contribution in [2.45, 2.75) is 25.4 Å². The summed E-state index contributed by atoms with van der Waals surface area (Å²) < 4.78 is 34.6. The van der Waals surface area contributed by atoms with Crippen molar-refractivity contribution in [1.29, 1.82) is 0 Å². The quantitative estimate of drug-likeness (QED) is 0.670. The molecule has 1 saturated heterocycles. The lowest BCUT2D eigenvalue weighted by Gasteiger charge is -2.31. The van der Waals surface area contributed by atoms with Gasteiger partial charge >= 0.3 is 0 Å². The zero-order valence-electron chi connectivity index (χ0n) is 15.8. The van der Waals surface area contributed by atoms with Crippen molar-refractivity contribution in [3.8, 4) is 11.5 Å². The van der Waals surface area contributed by atoms with Crippen LogP contribution in [-0.4, -0.2) is 74.9 Å². The largest absolute Gasteiger partial charge is 0.454 e. The Balaban J connectivity index is 1.61. The minimum absolute atomic E-state index is 0.0473. The van der Waals surface area contributed by atoms with Gasteiger partial charge in [-0.05, 0) is 63.4 Å². The highest BCUT2D eigenvalue weighted by Gasteiger charge is 2.33. The first-order valence-electron chi connectivity index (χ1n) is 9.12. The highest BCUT2D eigenvalue weighted by Crippen LogP contribution is 2.32. The van der Waals surface area contributed by atoms with Crippen molar-refractivity contribution in [1.82, 2.24) is 15.1 Å². The zero-order valence-corrected chi connectivity index (χ0v) is 17.4. The van der Waals surface area contributed by atoms with Crippen molar-refractivity contribution in [3.05, 3.63) is 23.8 Å². The predicted octanol–water partition coefficient (Wildman–Crippen LogP) is 1.23. The summed E-state index contributed by atoms with van der Waals surface area (Å²) in [7, 11) is 1.10. The first-order valence-corrected chi connectivity index (χ1v) is 11.4. The summed E-state index contributed by atoms with van der Waals surface area (Å²) in [6, 6.07) is 5.75. The van der Waals surface area contributed by atoms with Crippen LogP contribution >= 0.6 is 12.2 Å². The standard InChI is InChI=1S/C18H27N3O4S2/c1-20(2)7-3-8-21(15-6-9-27(22,23)12-15)18(26)19-11-14-4-5-16-17(10-14)25-13-24-16/h4-5,10,15H,3,6-9,11-13H2,1-2H3,(H,19,26)/t15-/m1/s1. The molecule has 1 fully saturated rings. The second-order valence-electron chi connectivity index (χ2n) is 7.25. The maximum absolute atomic E-state index is 11.9. The molecule has 0 aliphatic carbocycles. The number of fused-ring (bicyclic) bond motifs is 1. The summed E-state index contributed by atoms with van der Waals surface area (Å²) in [5.74, 6) is 1.92. The molecule has 7 nitrogen and oxygen atoms in total. The Bertz CT molecular complexity index is 783. The third-order valence-corrected chi connectivity index (χ3v) is 6.92. The van der Waals surface area contributed by atoms with E-state index in [0.717, 1.165) is 36.6 Å². The second kappa shape index (κ2) is 8.62. The maximum atomic E-state index is 11.9. The first kappa shape index (κ1) is 20.2. The lowest BCUT2D eigenvalue weighted by Crippen LogP contribution is -2.47. The van der Waals surface area contributed by atoms with E-state index in [1.54, 1.807) is 0 Å². The van der Waals surface area contributed by atoms with Crippen molar-refractivity contribution in [3.63, 3.8) is 0 Å². The number of ether oxygens (including phenoxy) is 2. The van der Waals surface area contributed by atoms with Crippen LogP contribution in [0.15, 0.2) is 18.2 Å². The number of nitrogens with one attached hydrogen (secondary N) is 1. The molecule has 0 aromatic heterocycles. The van der Waals surface area contributed by atoms with Crippen molar-refractivity contribution < 1.29 is 17.9 Å². The fourth-order valence-electron chi connectivity index (χ4n) is 3.36. The van der Waals surface area contributed by atoms with Gasteiger partial charge in [-0.25, -0.2) is 8.42 Å². The SMILES string of the molecule is CN(C)CCCN(C(=S)NCc1ccc2c(c1)OCO2)[C@@H]1CCS(=O)(=O)C1. The number of nitrogens with zero attached hydrogens (tertiary/aromatic N) is 2. The van der Waals surface area contributed by atoms with E-state index in [-0.39, 0.29) is 24.3 Å². The fraction of sp³-hybridized carbons (Fsp3) is 0.611. The molecule has 3 rings (SSSR count). The topological polar surface area (TPSA) is 71.1 Å². The van der Waals surface area contributed by atoms with Gasteiger partial charge in [0.25, 0.3) is 0 Å². The molecular formula is C18H27N3O4S2. The molecule has 1 N–H and O–H groups in total. The van der Waals surface area contributed by atoms with Crippen LogP contribution in [0, 0.1) is 0 Å². The Labute approximate surface area is 166 Å². The molecule has 0 saturated carbocycles. The molecule has 150 valence electrons. The lowest BCUT2D eigenvalue weighted by molar-refractivity contribution is 0.174. The van der Waals surface area contributed by atoms with E-state index in [1.165, 1.54) is 0 Å². The van der Waals surface area contributed by atoms with Gasteiger partial charge in [0.15, 0.2) is 26.4 Å². The van der Waals surface area contributed by atoms with Gasteiger partial charge in [0, 0.05) is 19.1 Å². The van der Waals surface area contributed by atoms with Gasteiger partial charge in [0.1, 0.15) is 0 Å². The normalized spacial score (nSPS) is 20.0. The maximum Gasteiger partial charge on any atom is 0.231 e. The molecule has 1 aromatic carbocycles. The second-order valence-corrected chi connectivity index (χ2v) is 9.87. The molecule has 9 heteroatoms. The van der Waals surface area contributed by atoms with Gasteiger partial charge in [-0.2, -0.15) is 0 Å². The van der Waals surface area contributed by atoms with E-state index in [2.05, 4.69) is 15.1 Å². The van der Waals surface area contributed by atoms with Crippen LogP contribution in [0.5, 0.6) is 11.5 Å². The molecule has 2 aliphatic rings. The van der Waals surface area contributed by atoms with Crippen molar-refractivity contribution in [2.24, 2.45) is 0 Å². The van der Waals surface area contributed by atoms with Crippen LogP contribution in [-0.2, 0) is 16.4 Å². The number of rotatable bonds is 7. The molecule has 1 atom stereocenters. The number of benzene rings is 1. The van der Waals surface area contributed by atoms with E-state index in [9.17, 15) is 8.42 Å². The molecule has 0 radical (unpaired) electrons. The predicted molar refractivity (Wildman–Crippen MR) is 109 cm³/mol. The van der Waals surface area contributed by atoms with Crippen LogP contribution in [0.25, 0.3) is 0 Å². The zero-order chi connectivity index (χ0) is 19.4. The Morgan fingerprint density at radius 3 is 2.74 bits per heavy atom. The average molecular weight is 414 g/mol. The van der Waals surface area contributed by atoms with E-state index >= 15 is 0 Å². The fourth-order valence-corrected chi connectivity index (χ4v) is 5.40. The summed E-state index contributed by atoms with van der Waals surface area (Å²) >= 11 is 5.62. The highest BCUT2D eigenvalue weighted by atomic mass is 32.2. The van der Waals surface area contributed by atoms with Gasteiger partial charge in [-0.15, -0.1) is 0 Å². The van der Waals surface area contributed by atoms with Crippen LogP contribution < -0.4 is 14.8 Å². The van der Waals surface area contributed by atoms with Crippen LogP contribution in [0.4, 0.5) is 0 Å². The summed E-state index contributed by atoms with van der Waals surface area (Å²) in [5.41, 5.74) is 1.04. The minimum Gasteiger partial charge on any atom is -0.454 e. The van der Waals surface area contributed by atoms with Gasteiger partial charge in [-0.3, -0.25) is 0 Å². The molecule has 0 bridgehead atoms. The number of thiocarbonyl (C=S) groups is 1. The highest BCUT2D eigenvalue weighted by molar-refractivity contribution is 7.91. The van der Waals surface area contributed by atoms with Crippen molar-refractivity contribution in [2.75, 3.05) is 45.5 Å². The molecule has 27 heavy (non-hydrogen) atoms. The third-order valence-electron chi connectivity index (χ3n) is 4.80. The Kier molecular flexibility index (Phi) is 6.44. The Morgan fingerprint density at radius 2 is 2.04 bits per heavy atom. The summed E-state index contributed by atoms with van der Waals surface area (Å²) in [5, 5.41) is 3.89. The average Bonchev–Trinajstić information content (AvgIpc) is 3.21. The van der Waals surface area contributed by atoms with E-state index in [4.69, 9.17) is 21.7 Å². The molecule has 1 aromatic rings. The van der Waals surface area contributed by atoms with Gasteiger partial charge in [-0.1, -0.05) is 6.07 Å². The number of hydrogen-bond acceptors (Lipinski definition) is 6. The van der Waals surface area contributed by atoms with Gasteiger partial charge < -0.3 is 24.6 Å². The molecule has 2 aliphatic heterocycles. The third kappa shape index (κ3) is 5.46. The molecule has 0 unspecified atom stereocenters. The lowest BCUT2D eigenvalue weighted by atomic mass is 10.2. The smallest absolute Gasteiger partial charge is 0.231 e. The number of hydrogen-bond donors (Lipinski definition) is 1. The van der Waals surface area contributed by atoms with Gasteiger partial charge in [0.2, 0.25) is 6.79 Å². The Morgan fingerprint density at radius 1 is 1.26 bits per heavy atom. The Hall–Kier alpha value is -1.58. The molecule has 0 amide bonds. The molecular weight excluding hydrogens is 386 g/mol. The van der Waals surface area contributed by atoms with E-state index < -0.39 is 9.84 Å². The minimum atomic E-state index is -2.96. The summed E-state index contributed by atoms with van der Waals surface area (Å²) in [6.07, 6.45) is 1.56. The molecule has 0 spiro atoms. The van der Waals surface area contributed by atoms with Crippen LogP contribution in [0.3, 0.4) is 0 Å². The summed E-state index contributed by atoms with van der Waals surface area (Å²) in [6.45, 7) is 2.48. The first-order chi connectivity index (χ1) is 12.8. The monoisotopic (exact) mass is 413 g/mol. The molecule has 2 heterocycles. The van der Waals surface area contributed by atoms with E-state index in [1.807, 2.05) is 32.3 Å². The van der Waals surface area contributed by atoms with E-state index in [0.29, 0.717) is 18.1 Å². The van der Waals surface area contributed by atoms with Crippen LogP contribution in [0.1, 0.15) is 18.4 Å². The van der Waals surface area contributed by atoms with Crippen LogP contribution in [0.2, 0.25) is 0 Å². The van der Waals surface area contributed by atoms with Crippen molar-refractivity contribution >= 4 is 27.2 Å². The summed E-state index contributed by atoms with van der Waals surface area (Å²) in [4.78, 5) is 4.17. The van der Waals surface area contributed by atoms with Gasteiger partial charge in [0.05, 0.1) is 11.5 Å². The number of sulfone groups is 1.